The number of hydrogen-bond donors (Lipinski definition) is 2. The van der Waals surface area contributed by atoms with Gasteiger partial charge in [-0.2, -0.15) is 0 Å². The molecule has 102 valence electrons. The molecule has 0 bridgehead atoms. The van der Waals surface area contributed by atoms with Gasteiger partial charge in [-0.15, -0.1) is 0 Å². The van der Waals surface area contributed by atoms with Crippen LogP contribution in [0.2, 0.25) is 0 Å². The van der Waals surface area contributed by atoms with Crippen molar-refractivity contribution in [2.45, 2.75) is 31.7 Å². The van der Waals surface area contributed by atoms with Gasteiger partial charge in [0.15, 0.2) is 0 Å². The maximum absolute atomic E-state index is 12.0. The molecule has 0 aromatic rings. The van der Waals surface area contributed by atoms with Crippen LogP contribution in [0.4, 0.5) is 4.79 Å². The van der Waals surface area contributed by atoms with Crippen LogP contribution in [0, 0.1) is 5.92 Å². The molecule has 6 heteroatoms. The van der Waals surface area contributed by atoms with Gasteiger partial charge in [-0.05, 0) is 31.6 Å². The van der Waals surface area contributed by atoms with Gasteiger partial charge < -0.3 is 20.1 Å². The zero-order valence-electron chi connectivity index (χ0n) is 10.4. The highest BCUT2D eigenvalue weighted by atomic mass is 16.5. The van der Waals surface area contributed by atoms with E-state index in [-0.39, 0.29) is 18.6 Å². The van der Waals surface area contributed by atoms with Crippen molar-refractivity contribution in [3.05, 3.63) is 0 Å². The number of rotatable bonds is 5. The van der Waals surface area contributed by atoms with Crippen molar-refractivity contribution < 1.29 is 19.4 Å². The standard InChI is InChI=1S/C12H20N2O4/c15-11(16)7-14(6-9-3-4-9)12(17)13-10-2-1-5-18-8-10/h9-10H,1-8H2,(H,13,17)(H,15,16). The van der Waals surface area contributed by atoms with Gasteiger partial charge >= 0.3 is 12.0 Å². The van der Waals surface area contributed by atoms with Crippen molar-refractivity contribution in [2.24, 2.45) is 5.92 Å². The summed E-state index contributed by atoms with van der Waals surface area (Å²) >= 11 is 0. The minimum absolute atomic E-state index is 0.0155. The first kappa shape index (κ1) is 13.1. The number of urea groups is 1. The first-order valence-corrected chi connectivity index (χ1v) is 6.50. The number of carbonyl (C=O) groups is 2. The fraction of sp³-hybridized carbons (Fsp3) is 0.833. The number of hydrogen-bond acceptors (Lipinski definition) is 3. The van der Waals surface area contributed by atoms with Crippen LogP contribution in [0.25, 0.3) is 0 Å². The van der Waals surface area contributed by atoms with Gasteiger partial charge in [0, 0.05) is 13.2 Å². The van der Waals surface area contributed by atoms with E-state index >= 15 is 0 Å². The lowest BCUT2D eigenvalue weighted by atomic mass is 10.1. The quantitative estimate of drug-likeness (QED) is 0.758. The predicted octanol–water partition coefficient (Wildman–Crippen LogP) is 0.672. The van der Waals surface area contributed by atoms with E-state index in [1.807, 2.05) is 0 Å². The Bertz CT molecular complexity index is 311. The lowest BCUT2D eigenvalue weighted by molar-refractivity contribution is -0.137. The monoisotopic (exact) mass is 256 g/mol. The molecule has 2 aliphatic rings. The SMILES string of the molecule is O=C(O)CN(CC1CC1)C(=O)NC1CCCOC1. The number of ether oxygens (including phenoxy) is 1. The molecule has 1 heterocycles. The summed E-state index contributed by atoms with van der Waals surface area (Å²) in [5.41, 5.74) is 0. The Hall–Kier alpha value is -1.30. The molecule has 1 saturated carbocycles. The third kappa shape index (κ3) is 4.18. The minimum Gasteiger partial charge on any atom is -0.480 e. The molecule has 0 aromatic carbocycles. The number of carboxylic acid groups (broad SMARTS) is 1. The van der Waals surface area contributed by atoms with E-state index in [1.54, 1.807) is 0 Å². The van der Waals surface area contributed by atoms with E-state index in [9.17, 15) is 9.59 Å². The van der Waals surface area contributed by atoms with Crippen molar-refractivity contribution in [2.75, 3.05) is 26.3 Å². The number of nitrogens with zero attached hydrogens (tertiary/aromatic N) is 1. The van der Waals surface area contributed by atoms with Crippen molar-refractivity contribution in [3.63, 3.8) is 0 Å². The average Bonchev–Trinajstić information content (AvgIpc) is 3.13. The summed E-state index contributed by atoms with van der Waals surface area (Å²) in [6.45, 7) is 1.59. The Kier molecular flexibility index (Phi) is 4.41. The highest BCUT2D eigenvalue weighted by Gasteiger charge is 2.29. The highest BCUT2D eigenvalue weighted by molar-refractivity contribution is 5.80. The number of carboxylic acids is 1. The smallest absolute Gasteiger partial charge is 0.323 e. The van der Waals surface area contributed by atoms with Crippen molar-refractivity contribution in [1.82, 2.24) is 10.2 Å². The second-order valence-corrected chi connectivity index (χ2v) is 5.08. The molecule has 1 atom stereocenters. The summed E-state index contributed by atoms with van der Waals surface area (Å²) in [7, 11) is 0. The van der Waals surface area contributed by atoms with Gasteiger partial charge in [-0.3, -0.25) is 4.79 Å². The van der Waals surface area contributed by atoms with E-state index in [1.165, 1.54) is 4.90 Å². The third-order valence-corrected chi connectivity index (χ3v) is 3.28. The van der Waals surface area contributed by atoms with Gasteiger partial charge in [-0.1, -0.05) is 0 Å². The Morgan fingerprint density at radius 3 is 2.67 bits per heavy atom. The molecule has 1 aliphatic carbocycles. The molecule has 1 aliphatic heterocycles. The second kappa shape index (κ2) is 6.04. The van der Waals surface area contributed by atoms with Crippen LogP contribution >= 0.6 is 0 Å². The van der Waals surface area contributed by atoms with Gasteiger partial charge in [0.2, 0.25) is 0 Å². The summed E-state index contributed by atoms with van der Waals surface area (Å²) in [6.07, 6.45) is 4.02. The lowest BCUT2D eigenvalue weighted by Gasteiger charge is -2.27. The number of nitrogens with one attached hydrogen (secondary N) is 1. The van der Waals surface area contributed by atoms with E-state index in [2.05, 4.69) is 5.32 Å². The topological polar surface area (TPSA) is 78.9 Å². The molecule has 2 rings (SSSR count). The van der Waals surface area contributed by atoms with Crippen molar-refractivity contribution in [1.29, 1.82) is 0 Å². The molecule has 6 nitrogen and oxygen atoms in total. The van der Waals surface area contributed by atoms with E-state index in [0.717, 1.165) is 32.3 Å². The molecule has 2 fully saturated rings. The van der Waals surface area contributed by atoms with E-state index in [4.69, 9.17) is 9.84 Å². The summed E-state index contributed by atoms with van der Waals surface area (Å²) in [6, 6.07) is -0.262. The number of amides is 2. The molecule has 1 saturated heterocycles. The second-order valence-electron chi connectivity index (χ2n) is 5.08. The van der Waals surface area contributed by atoms with Gasteiger partial charge in [0.25, 0.3) is 0 Å². The Labute approximate surface area is 106 Å². The Morgan fingerprint density at radius 1 is 1.33 bits per heavy atom. The van der Waals surface area contributed by atoms with Crippen LogP contribution in [-0.4, -0.2) is 54.4 Å². The maximum Gasteiger partial charge on any atom is 0.323 e. The van der Waals surface area contributed by atoms with Crippen LogP contribution in [0.1, 0.15) is 25.7 Å². The molecule has 0 aromatic heterocycles. The van der Waals surface area contributed by atoms with Crippen LogP contribution in [-0.2, 0) is 9.53 Å². The Balaban J connectivity index is 1.82. The third-order valence-electron chi connectivity index (χ3n) is 3.28. The predicted molar refractivity (Wildman–Crippen MR) is 64.3 cm³/mol. The number of carbonyl (C=O) groups excluding carboxylic acids is 1. The zero-order valence-corrected chi connectivity index (χ0v) is 10.4. The summed E-state index contributed by atoms with van der Waals surface area (Å²) < 4.78 is 5.29. The van der Waals surface area contributed by atoms with Crippen molar-refractivity contribution >= 4 is 12.0 Å². The molecular weight excluding hydrogens is 236 g/mol. The fourth-order valence-electron chi connectivity index (χ4n) is 2.12. The largest absolute Gasteiger partial charge is 0.480 e. The summed E-state index contributed by atoms with van der Waals surface area (Å²) in [5.74, 6) is -0.483. The van der Waals surface area contributed by atoms with E-state index in [0.29, 0.717) is 19.1 Å². The first-order valence-electron chi connectivity index (χ1n) is 6.50. The van der Waals surface area contributed by atoms with Gasteiger partial charge in [0.1, 0.15) is 6.54 Å². The van der Waals surface area contributed by atoms with Crippen molar-refractivity contribution in [3.8, 4) is 0 Å². The first-order chi connectivity index (χ1) is 8.65. The molecular formula is C12H20N2O4. The average molecular weight is 256 g/mol. The molecule has 2 amide bonds. The van der Waals surface area contributed by atoms with Crippen LogP contribution in [0.5, 0.6) is 0 Å². The Morgan fingerprint density at radius 2 is 2.11 bits per heavy atom. The maximum atomic E-state index is 12.0. The minimum atomic E-state index is -0.967. The van der Waals surface area contributed by atoms with Gasteiger partial charge in [0.05, 0.1) is 12.6 Å². The van der Waals surface area contributed by atoms with Gasteiger partial charge in [-0.25, -0.2) is 4.79 Å². The molecule has 0 spiro atoms. The number of aliphatic carboxylic acids is 1. The normalized spacial score (nSPS) is 23.4. The molecule has 2 N–H and O–H groups in total. The molecule has 1 unspecified atom stereocenters. The van der Waals surface area contributed by atoms with Crippen LogP contribution < -0.4 is 5.32 Å². The zero-order chi connectivity index (χ0) is 13.0. The fourth-order valence-corrected chi connectivity index (χ4v) is 2.12. The summed E-state index contributed by atoms with van der Waals surface area (Å²) in [4.78, 5) is 24.2. The summed E-state index contributed by atoms with van der Waals surface area (Å²) in [5, 5.41) is 11.7. The lowest BCUT2D eigenvalue weighted by Crippen LogP contribution is -2.49. The molecule has 18 heavy (non-hydrogen) atoms. The van der Waals surface area contributed by atoms with Crippen LogP contribution in [0.15, 0.2) is 0 Å². The van der Waals surface area contributed by atoms with Crippen LogP contribution in [0.3, 0.4) is 0 Å². The molecule has 0 radical (unpaired) electrons. The van der Waals surface area contributed by atoms with E-state index < -0.39 is 5.97 Å². The highest BCUT2D eigenvalue weighted by Crippen LogP contribution is 2.29.